The third kappa shape index (κ3) is 6.86. The fraction of sp³-hybridized carbons (Fsp3) is 0.500. The molecule has 8 nitrogen and oxygen atoms in total. The van der Waals surface area contributed by atoms with E-state index in [1.807, 2.05) is 30.0 Å². The highest BCUT2D eigenvalue weighted by atomic mass is 32.2. The zero-order valence-corrected chi connectivity index (χ0v) is 18.7. The first-order valence-corrected chi connectivity index (χ1v) is 12.2. The van der Waals surface area contributed by atoms with E-state index in [4.69, 9.17) is 0 Å². The van der Waals surface area contributed by atoms with Crippen LogP contribution < -0.4 is 10.2 Å². The number of carbonyl (C=O) groups excluding carboxylic acids is 2. The summed E-state index contributed by atoms with van der Waals surface area (Å²) in [5.74, 6) is 1.75. The summed E-state index contributed by atoms with van der Waals surface area (Å²) in [6.07, 6.45) is 2.71. The predicted molar refractivity (Wildman–Crippen MR) is 118 cm³/mol. The van der Waals surface area contributed by atoms with Gasteiger partial charge in [-0.05, 0) is 18.6 Å². The second-order valence-electron chi connectivity index (χ2n) is 6.32. The van der Waals surface area contributed by atoms with Gasteiger partial charge in [0.2, 0.25) is 11.8 Å². The number of piperazine rings is 1. The minimum atomic E-state index is 0.00118. The van der Waals surface area contributed by atoms with Crippen LogP contribution in [0.3, 0.4) is 0 Å². The van der Waals surface area contributed by atoms with Gasteiger partial charge in [0, 0.05) is 38.9 Å². The molecule has 0 aromatic carbocycles. The van der Waals surface area contributed by atoms with Crippen LogP contribution in [0.5, 0.6) is 0 Å². The van der Waals surface area contributed by atoms with Crippen molar-refractivity contribution < 1.29 is 9.59 Å². The Labute approximate surface area is 182 Å². The van der Waals surface area contributed by atoms with E-state index >= 15 is 0 Å². The number of amides is 2. The van der Waals surface area contributed by atoms with Crippen LogP contribution in [0.4, 0.5) is 5.82 Å². The zero-order valence-electron chi connectivity index (χ0n) is 16.2. The fourth-order valence-electron chi connectivity index (χ4n) is 2.70. The topological polar surface area (TPSA) is 91.3 Å². The Hall–Kier alpha value is -1.85. The number of aromatic nitrogens is 3. The van der Waals surface area contributed by atoms with Crippen molar-refractivity contribution in [3.63, 3.8) is 0 Å². The Morgan fingerprint density at radius 1 is 1.10 bits per heavy atom. The van der Waals surface area contributed by atoms with Crippen molar-refractivity contribution >= 4 is 52.5 Å². The molecule has 1 N–H and O–H groups in total. The van der Waals surface area contributed by atoms with Gasteiger partial charge in [0.25, 0.3) is 0 Å². The van der Waals surface area contributed by atoms with Gasteiger partial charge in [0.15, 0.2) is 8.68 Å². The molecule has 0 atom stereocenters. The number of thioether (sulfide) groups is 2. The van der Waals surface area contributed by atoms with E-state index in [9.17, 15) is 9.59 Å². The molecule has 1 aliphatic heterocycles. The highest BCUT2D eigenvalue weighted by Gasteiger charge is 2.22. The molecule has 1 aliphatic rings. The van der Waals surface area contributed by atoms with E-state index in [1.54, 1.807) is 6.20 Å². The second-order valence-corrected chi connectivity index (χ2v) is 9.74. The number of pyridine rings is 1. The molecule has 29 heavy (non-hydrogen) atoms. The minimum Gasteiger partial charge on any atom is -0.355 e. The van der Waals surface area contributed by atoms with Crippen molar-refractivity contribution in [2.24, 2.45) is 0 Å². The van der Waals surface area contributed by atoms with Crippen LogP contribution in [0.15, 0.2) is 33.1 Å². The Morgan fingerprint density at radius 2 is 1.83 bits per heavy atom. The molecule has 156 valence electrons. The first kappa shape index (κ1) is 21.8. The molecule has 0 radical (unpaired) electrons. The van der Waals surface area contributed by atoms with E-state index in [1.165, 1.54) is 34.9 Å². The van der Waals surface area contributed by atoms with Gasteiger partial charge in [-0.15, -0.1) is 10.2 Å². The van der Waals surface area contributed by atoms with Crippen molar-refractivity contribution in [2.45, 2.75) is 22.0 Å². The van der Waals surface area contributed by atoms with Crippen molar-refractivity contribution in [2.75, 3.05) is 49.1 Å². The number of anilines is 1. The smallest absolute Gasteiger partial charge is 0.233 e. The summed E-state index contributed by atoms with van der Waals surface area (Å²) in [5.41, 5.74) is 0. The van der Waals surface area contributed by atoms with Crippen LogP contribution in [0.2, 0.25) is 0 Å². The Morgan fingerprint density at radius 3 is 2.48 bits per heavy atom. The van der Waals surface area contributed by atoms with Gasteiger partial charge in [-0.1, -0.05) is 47.9 Å². The van der Waals surface area contributed by atoms with Crippen LogP contribution in [-0.4, -0.2) is 76.1 Å². The van der Waals surface area contributed by atoms with Crippen molar-refractivity contribution in [1.29, 1.82) is 0 Å². The van der Waals surface area contributed by atoms with E-state index in [0.29, 0.717) is 31.1 Å². The number of hydrogen-bond donors (Lipinski definition) is 1. The number of hydrogen-bond acceptors (Lipinski definition) is 9. The molecule has 1 saturated heterocycles. The number of nitrogens with one attached hydrogen (secondary N) is 1. The van der Waals surface area contributed by atoms with E-state index < -0.39 is 0 Å². The van der Waals surface area contributed by atoms with Gasteiger partial charge < -0.3 is 15.1 Å². The second kappa shape index (κ2) is 11.4. The lowest BCUT2D eigenvalue weighted by Crippen LogP contribution is -2.49. The summed E-state index contributed by atoms with van der Waals surface area (Å²) in [7, 11) is 0. The lowest BCUT2D eigenvalue weighted by atomic mass is 10.3. The van der Waals surface area contributed by atoms with Crippen LogP contribution in [-0.2, 0) is 9.59 Å². The van der Waals surface area contributed by atoms with E-state index in [2.05, 4.69) is 25.4 Å². The first-order chi connectivity index (χ1) is 14.2. The molecule has 3 heterocycles. The Bertz CT molecular complexity index is 796. The molecular formula is C18H24N6O2S3. The summed E-state index contributed by atoms with van der Waals surface area (Å²) >= 11 is 4.20. The maximum atomic E-state index is 12.5. The molecule has 0 bridgehead atoms. The van der Waals surface area contributed by atoms with Crippen LogP contribution in [0.25, 0.3) is 0 Å². The molecule has 2 aromatic rings. The van der Waals surface area contributed by atoms with Crippen LogP contribution >= 0.6 is 34.9 Å². The molecule has 2 amide bonds. The van der Waals surface area contributed by atoms with Gasteiger partial charge >= 0.3 is 0 Å². The largest absolute Gasteiger partial charge is 0.355 e. The maximum Gasteiger partial charge on any atom is 0.233 e. The first-order valence-electron chi connectivity index (χ1n) is 9.45. The summed E-state index contributed by atoms with van der Waals surface area (Å²) < 4.78 is 1.50. The summed E-state index contributed by atoms with van der Waals surface area (Å²) in [6, 6.07) is 5.87. The molecule has 2 aromatic heterocycles. The SMILES string of the molecule is CCCNC(=O)CSc1nnc(SCC(=O)N2CCN(c3ccccn3)CC2)s1. The molecule has 0 unspecified atom stereocenters. The van der Waals surface area contributed by atoms with Crippen molar-refractivity contribution in [3.05, 3.63) is 24.4 Å². The Kier molecular flexibility index (Phi) is 8.56. The average molecular weight is 453 g/mol. The number of rotatable bonds is 9. The molecule has 3 rings (SSSR count). The van der Waals surface area contributed by atoms with E-state index in [0.717, 1.165) is 34.0 Å². The quantitative estimate of drug-likeness (QED) is 0.578. The van der Waals surface area contributed by atoms with Crippen molar-refractivity contribution in [3.8, 4) is 0 Å². The molecule has 0 spiro atoms. The minimum absolute atomic E-state index is 0.00118. The summed E-state index contributed by atoms with van der Waals surface area (Å²) in [6.45, 7) is 5.67. The van der Waals surface area contributed by atoms with Gasteiger partial charge in [0.05, 0.1) is 11.5 Å². The van der Waals surface area contributed by atoms with Crippen LogP contribution in [0.1, 0.15) is 13.3 Å². The lowest BCUT2D eigenvalue weighted by Gasteiger charge is -2.35. The molecule has 1 fully saturated rings. The number of nitrogens with zero attached hydrogens (tertiary/aromatic N) is 5. The van der Waals surface area contributed by atoms with Crippen molar-refractivity contribution in [1.82, 2.24) is 25.4 Å². The van der Waals surface area contributed by atoms with Gasteiger partial charge in [-0.2, -0.15) is 0 Å². The molecular weight excluding hydrogens is 428 g/mol. The monoisotopic (exact) mass is 452 g/mol. The highest BCUT2D eigenvalue weighted by Crippen LogP contribution is 2.29. The average Bonchev–Trinajstić information content (AvgIpc) is 3.23. The molecule has 0 aliphatic carbocycles. The predicted octanol–water partition coefficient (Wildman–Crippen LogP) is 1.99. The Balaban J connectivity index is 1.38. The van der Waals surface area contributed by atoms with Crippen LogP contribution in [0, 0.1) is 0 Å². The number of carbonyl (C=O) groups is 2. The lowest BCUT2D eigenvalue weighted by molar-refractivity contribution is -0.128. The van der Waals surface area contributed by atoms with Gasteiger partial charge in [-0.3, -0.25) is 9.59 Å². The molecule has 11 heteroatoms. The standard InChI is InChI=1S/C18H24N6O2S3/c1-2-6-20-15(25)12-27-17-21-22-18(29-17)28-13-16(26)24-10-8-23(9-11-24)14-5-3-4-7-19-14/h3-5,7H,2,6,8-13H2,1H3,(H,20,25). The van der Waals surface area contributed by atoms with Gasteiger partial charge in [0.1, 0.15) is 5.82 Å². The van der Waals surface area contributed by atoms with Gasteiger partial charge in [-0.25, -0.2) is 4.98 Å². The highest BCUT2D eigenvalue weighted by molar-refractivity contribution is 8.03. The maximum absolute atomic E-state index is 12.5. The normalized spacial score (nSPS) is 14.1. The molecule has 0 saturated carbocycles. The fourth-order valence-corrected chi connectivity index (χ4v) is 5.45. The summed E-state index contributed by atoms with van der Waals surface area (Å²) in [5, 5.41) is 11.0. The third-order valence-electron chi connectivity index (χ3n) is 4.21. The zero-order chi connectivity index (χ0) is 20.5. The van der Waals surface area contributed by atoms with E-state index in [-0.39, 0.29) is 11.8 Å². The summed E-state index contributed by atoms with van der Waals surface area (Å²) in [4.78, 5) is 32.6. The third-order valence-corrected chi connectivity index (χ3v) is 7.39.